The number of fused-ring (bicyclic) bond motifs is 2. The predicted molar refractivity (Wildman–Crippen MR) is 152 cm³/mol. The van der Waals surface area contributed by atoms with Gasteiger partial charge in [-0.15, -0.1) is 0 Å². The van der Waals surface area contributed by atoms with Gasteiger partial charge < -0.3 is 24.7 Å². The van der Waals surface area contributed by atoms with Crippen molar-refractivity contribution in [3.63, 3.8) is 0 Å². The lowest BCUT2D eigenvalue weighted by molar-refractivity contribution is 0.0447. The minimum Gasteiger partial charge on any atom is -0.508 e. The Morgan fingerprint density at radius 3 is 2.73 bits per heavy atom. The number of aromatic nitrogens is 2. The SMILES string of the molecule is CN1CCC[C@H]1COc1nc(N2CCC[C@@](C)(O)C2)c2cc(F)c(-c3cc(O)cc4cccc(Cl)c34)c(F)c2n1. The fourth-order valence-electron chi connectivity index (χ4n) is 6.04. The maximum atomic E-state index is 16.5. The number of benzene rings is 3. The van der Waals surface area contributed by atoms with Crippen molar-refractivity contribution in [2.24, 2.45) is 0 Å². The molecule has 6 rings (SSSR count). The molecular weight excluding hydrogens is 538 g/mol. The Kier molecular flexibility index (Phi) is 6.92. The molecule has 0 bridgehead atoms. The van der Waals surface area contributed by atoms with Gasteiger partial charge in [-0.3, -0.25) is 0 Å². The number of phenolic OH excluding ortho intramolecular Hbond substituents is 1. The summed E-state index contributed by atoms with van der Waals surface area (Å²) < 4.78 is 38.4. The zero-order valence-electron chi connectivity index (χ0n) is 22.4. The second-order valence-corrected chi connectivity index (χ2v) is 11.6. The van der Waals surface area contributed by atoms with E-state index in [1.165, 1.54) is 18.2 Å². The van der Waals surface area contributed by atoms with Gasteiger partial charge in [-0.05, 0) is 75.9 Å². The number of rotatable bonds is 5. The normalized spacial score (nSPS) is 21.9. The monoisotopic (exact) mass is 568 g/mol. The summed E-state index contributed by atoms with van der Waals surface area (Å²) in [6.07, 6.45) is 3.34. The molecule has 2 aliphatic rings. The number of nitrogens with zero attached hydrogens (tertiary/aromatic N) is 4. The van der Waals surface area contributed by atoms with Crippen LogP contribution in [0.1, 0.15) is 32.6 Å². The summed E-state index contributed by atoms with van der Waals surface area (Å²) in [5.74, 6) is -1.58. The molecule has 210 valence electrons. The van der Waals surface area contributed by atoms with Crippen molar-refractivity contribution in [2.45, 2.75) is 44.2 Å². The molecule has 0 spiro atoms. The van der Waals surface area contributed by atoms with Gasteiger partial charge in [0.05, 0.1) is 11.2 Å². The van der Waals surface area contributed by atoms with Crippen LogP contribution < -0.4 is 9.64 Å². The lowest BCUT2D eigenvalue weighted by atomic mass is 9.94. The van der Waals surface area contributed by atoms with Crippen LogP contribution in [0.15, 0.2) is 36.4 Å². The quantitative estimate of drug-likeness (QED) is 0.310. The fourth-order valence-corrected chi connectivity index (χ4v) is 6.32. The van der Waals surface area contributed by atoms with E-state index < -0.39 is 17.2 Å². The summed E-state index contributed by atoms with van der Waals surface area (Å²) in [7, 11) is 2.03. The molecular formula is C30H31ClF2N4O3. The average Bonchev–Trinajstić information content (AvgIpc) is 3.31. The van der Waals surface area contributed by atoms with Gasteiger partial charge in [0.15, 0.2) is 5.82 Å². The third-order valence-electron chi connectivity index (χ3n) is 8.07. The topological polar surface area (TPSA) is 82.0 Å². The van der Waals surface area contributed by atoms with Crippen molar-refractivity contribution in [1.82, 2.24) is 14.9 Å². The molecule has 1 aromatic heterocycles. The minimum absolute atomic E-state index is 0.0109. The molecule has 2 saturated heterocycles. The van der Waals surface area contributed by atoms with E-state index in [9.17, 15) is 10.2 Å². The van der Waals surface area contributed by atoms with E-state index in [0.717, 1.165) is 19.4 Å². The summed E-state index contributed by atoms with van der Waals surface area (Å²) in [6, 6.07) is 9.25. The van der Waals surface area contributed by atoms with E-state index in [-0.39, 0.29) is 46.4 Å². The number of anilines is 1. The van der Waals surface area contributed by atoms with Crippen molar-refractivity contribution < 1.29 is 23.7 Å². The molecule has 0 aliphatic carbocycles. The molecule has 0 saturated carbocycles. The zero-order chi connectivity index (χ0) is 28.2. The van der Waals surface area contributed by atoms with E-state index in [4.69, 9.17) is 16.3 Å². The Labute approximate surface area is 236 Å². The van der Waals surface area contributed by atoms with Crippen LogP contribution in [0, 0.1) is 11.6 Å². The standard InChI is InChI=1S/C30H31ClF2N4O3/c1-30(39)9-5-11-37(16-30)28-21-14-23(32)25(20-13-19(38)12-17-6-3-8-22(31)24(17)20)26(33)27(21)34-29(35-28)40-15-18-7-4-10-36(18)2/h3,6,8,12-14,18,38-39H,4-5,7,9-11,15-16H2,1-2H3/t18-,30+/m0/s1. The molecule has 7 nitrogen and oxygen atoms in total. The Bertz CT molecular complexity index is 1620. The highest BCUT2D eigenvalue weighted by atomic mass is 35.5. The molecule has 2 N–H and O–H groups in total. The third-order valence-corrected chi connectivity index (χ3v) is 8.39. The molecule has 40 heavy (non-hydrogen) atoms. The maximum absolute atomic E-state index is 16.5. The van der Waals surface area contributed by atoms with Crippen LogP contribution in [-0.4, -0.2) is 70.0 Å². The predicted octanol–water partition coefficient (Wildman–Crippen LogP) is 5.91. The molecule has 4 aromatic rings. The van der Waals surface area contributed by atoms with Crippen molar-refractivity contribution in [1.29, 1.82) is 0 Å². The third kappa shape index (κ3) is 4.91. The van der Waals surface area contributed by atoms with Gasteiger partial charge in [0.1, 0.15) is 29.5 Å². The first-order valence-corrected chi connectivity index (χ1v) is 13.9. The highest BCUT2D eigenvalue weighted by Crippen LogP contribution is 2.42. The van der Waals surface area contributed by atoms with E-state index in [1.54, 1.807) is 25.1 Å². The number of likely N-dealkylation sites (tertiary alicyclic amines) is 1. The summed E-state index contributed by atoms with van der Waals surface area (Å²) >= 11 is 6.47. The van der Waals surface area contributed by atoms with Gasteiger partial charge in [0.25, 0.3) is 0 Å². The molecule has 0 unspecified atom stereocenters. The largest absolute Gasteiger partial charge is 0.508 e. The first-order valence-electron chi connectivity index (χ1n) is 13.5. The smallest absolute Gasteiger partial charge is 0.319 e. The molecule has 0 radical (unpaired) electrons. The Morgan fingerprint density at radius 1 is 1.15 bits per heavy atom. The minimum atomic E-state index is -0.975. The summed E-state index contributed by atoms with van der Waals surface area (Å²) in [5, 5.41) is 22.6. The van der Waals surface area contributed by atoms with Gasteiger partial charge in [0.2, 0.25) is 0 Å². The molecule has 2 aliphatic heterocycles. The van der Waals surface area contributed by atoms with Crippen molar-refractivity contribution in [3.8, 4) is 22.9 Å². The average molecular weight is 569 g/mol. The number of aliphatic hydroxyl groups is 1. The van der Waals surface area contributed by atoms with E-state index in [0.29, 0.717) is 47.6 Å². The Hall–Kier alpha value is -3.27. The number of β-amino-alcohol motifs (C(OH)–C–C–N with tert-alkyl or cyclic N) is 1. The van der Waals surface area contributed by atoms with Crippen LogP contribution in [0.5, 0.6) is 11.8 Å². The number of hydrogen-bond donors (Lipinski definition) is 2. The number of hydrogen-bond acceptors (Lipinski definition) is 7. The van der Waals surface area contributed by atoms with Crippen LogP contribution in [0.4, 0.5) is 14.6 Å². The van der Waals surface area contributed by atoms with Crippen LogP contribution in [0.3, 0.4) is 0 Å². The van der Waals surface area contributed by atoms with Crippen molar-refractivity contribution in [2.75, 3.05) is 38.2 Å². The van der Waals surface area contributed by atoms with Crippen LogP contribution >= 0.6 is 11.6 Å². The molecule has 10 heteroatoms. The van der Waals surface area contributed by atoms with E-state index >= 15 is 8.78 Å². The van der Waals surface area contributed by atoms with Crippen LogP contribution in [0.2, 0.25) is 5.02 Å². The van der Waals surface area contributed by atoms with Crippen LogP contribution in [0.25, 0.3) is 32.8 Å². The van der Waals surface area contributed by atoms with Gasteiger partial charge in [0, 0.05) is 40.5 Å². The van der Waals surface area contributed by atoms with Gasteiger partial charge in [-0.1, -0.05) is 23.7 Å². The number of piperidine rings is 1. The molecule has 0 amide bonds. The lowest BCUT2D eigenvalue weighted by Crippen LogP contribution is -2.46. The maximum Gasteiger partial charge on any atom is 0.319 e. The fraction of sp³-hybridized carbons (Fsp3) is 0.400. The zero-order valence-corrected chi connectivity index (χ0v) is 23.2. The van der Waals surface area contributed by atoms with E-state index in [2.05, 4.69) is 14.9 Å². The molecule has 3 aromatic carbocycles. The van der Waals surface area contributed by atoms with Gasteiger partial charge in [-0.2, -0.15) is 9.97 Å². The number of likely N-dealkylation sites (N-methyl/N-ethyl adjacent to an activating group) is 1. The van der Waals surface area contributed by atoms with E-state index in [1.807, 2.05) is 11.9 Å². The first-order chi connectivity index (χ1) is 19.1. The highest BCUT2D eigenvalue weighted by molar-refractivity contribution is 6.36. The Morgan fingerprint density at radius 2 is 1.98 bits per heavy atom. The number of aromatic hydroxyl groups is 1. The lowest BCUT2D eigenvalue weighted by Gasteiger charge is -2.38. The summed E-state index contributed by atoms with van der Waals surface area (Å²) in [4.78, 5) is 13.1. The van der Waals surface area contributed by atoms with Crippen molar-refractivity contribution >= 4 is 39.1 Å². The van der Waals surface area contributed by atoms with Gasteiger partial charge in [-0.25, -0.2) is 8.78 Å². The molecule has 3 heterocycles. The highest BCUT2D eigenvalue weighted by Gasteiger charge is 2.32. The van der Waals surface area contributed by atoms with Crippen LogP contribution in [-0.2, 0) is 0 Å². The van der Waals surface area contributed by atoms with Gasteiger partial charge >= 0.3 is 6.01 Å². The molecule has 2 fully saturated rings. The van der Waals surface area contributed by atoms with Crippen molar-refractivity contribution in [3.05, 3.63) is 53.1 Å². The second kappa shape index (κ2) is 10.3. The first kappa shape index (κ1) is 26.9. The summed E-state index contributed by atoms with van der Waals surface area (Å²) in [6.45, 7) is 3.86. The summed E-state index contributed by atoms with van der Waals surface area (Å²) in [5.41, 5.74) is -1.31. The number of halogens is 3. The number of phenols is 1. The second-order valence-electron chi connectivity index (χ2n) is 11.2. The Balaban J connectivity index is 1.54. The number of ether oxygens (including phenoxy) is 1. The molecule has 2 atom stereocenters.